The molecule has 3 N–H and O–H groups in total. The predicted octanol–water partition coefficient (Wildman–Crippen LogP) is -0.123. The first-order valence-electron chi connectivity index (χ1n) is 6.08. The summed E-state index contributed by atoms with van der Waals surface area (Å²) in [5.41, 5.74) is 0.479. The Morgan fingerprint density at radius 1 is 1.00 bits per heavy atom. The van der Waals surface area contributed by atoms with Crippen LogP contribution in [-0.2, 0) is 14.4 Å². The zero-order chi connectivity index (χ0) is 14.7. The van der Waals surface area contributed by atoms with Gasteiger partial charge >= 0.3 is 0 Å². The molecule has 0 aromatic carbocycles. The van der Waals surface area contributed by atoms with Crippen molar-refractivity contribution in [1.82, 2.24) is 16.0 Å². The predicted molar refractivity (Wildman–Crippen MR) is 73.3 cm³/mol. The van der Waals surface area contributed by atoms with Gasteiger partial charge in [0.15, 0.2) is 0 Å². The van der Waals surface area contributed by atoms with Gasteiger partial charge in [0.25, 0.3) is 0 Å². The average Bonchev–Trinajstić information content (AvgIpc) is 2.39. The van der Waals surface area contributed by atoms with Gasteiger partial charge in [-0.2, -0.15) is 0 Å². The van der Waals surface area contributed by atoms with Crippen LogP contribution in [0.5, 0.6) is 0 Å². The van der Waals surface area contributed by atoms with Crippen molar-refractivity contribution < 1.29 is 14.4 Å². The van der Waals surface area contributed by atoms with Gasteiger partial charge in [-0.3, -0.25) is 14.4 Å². The molecule has 106 valence electrons. The Morgan fingerprint density at radius 3 is 2.05 bits per heavy atom. The number of likely N-dealkylation sites (N-methyl/N-ethyl adjacent to an activating group) is 1. The topological polar surface area (TPSA) is 87.3 Å². The van der Waals surface area contributed by atoms with E-state index in [1.807, 2.05) is 0 Å². The Labute approximate surface area is 113 Å². The molecular weight excluding hydrogens is 246 g/mol. The summed E-state index contributed by atoms with van der Waals surface area (Å²) in [6.45, 7) is 6.22. The summed E-state index contributed by atoms with van der Waals surface area (Å²) in [7, 11) is 1.49. The van der Waals surface area contributed by atoms with Crippen LogP contribution in [0.1, 0.15) is 19.8 Å². The van der Waals surface area contributed by atoms with Crippen molar-refractivity contribution >= 4 is 17.7 Å². The van der Waals surface area contributed by atoms with E-state index in [0.717, 1.165) is 12.8 Å². The van der Waals surface area contributed by atoms with Crippen molar-refractivity contribution in [2.45, 2.75) is 19.8 Å². The molecular formula is C13H21N3O3. The third kappa shape index (κ3) is 9.58. The molecule has 0 heterocycles. The van der Waals surface area contributed by atoms with E-state index >= 15 is 0 Å². The van der Waals surface area contributed by atoms with Crippen molar-refractivity contribution in [3.05, 3.63) is 24.3 Å². The standard InChI is InChI=1S/C13H21N3O3/c1-10(2)13(19)16-9-5-4-8-15-12(18)7-6-11(17)14-3/h6-7H,1,4-5,8-9H2,2-3H3,(H,14,17)(H,15,18)(H,16,19)/b7-6+. The minimum absolute atomic E-state index is 0.155. The Balaban J connectivity index is 3.57. The second kappa shape index (κ2) is 9.87. The number of amides is 3. The number of unbranched alkanes of at least 4 members (excludes halogenated alkanes) is 1. The summed E-state index contributed by atoms with van der Waals surface area (Å²) < 4.78 is 0. The van der Waals surface area contributed by atoms with Crippen LogP contribution in [0, 0.1) is 0 Å². The maximum atomic E-state index is 11.2. The van der Waals surface area contributed by atoms with Crippen LogP contribution < -0.4 is 16.0 Å². The Hall–Kier alpha value is -2.11. The lowest BCUT2D eigenvalue weighted by atomic mass is 10.3. The second-order valence-corrected chi connectivity index (χ2v) is 3.98. The smallest absolute Gasteiger partial charge is 0.246 e. The molecule has 0 spiro atoms. The van der Waals surface area contributed by atoms with Gasteiger partial charge in [0.2, 0.25) is 17.7 Å². The van der Waals surface area contributed by atoms with Gasteiger partial charge in [-0.1, -0.05) is 6.58 Å². The van der Waals surface area contributed by atoms with Crippen molar-refractivity contribution in [2.24, 2.45) is 0 Å². The van der Waals surface area contributed by atoms with E-state index in [9.17, 15) is 14.4 Å². The maximum absolute atomic E-state index is 11.2. The van der Waals surface area contributed by atoms with E-state index in [4.69, 9.17) is 0 Å². The van der Waals surface area contributed by atoms with Crippen LogP contribution in [0.2, 0.25) is 0 Å². The van der Waals surface area contributed by atoms with Crippen molar-refractivity contribution in [1.29, 1.82) is 0 Å². The molecule has 0 aliphatic heterocycles. The summed E-state index contributed by atoms with van der Waals surface area (Å²) in [6.07, 6.45) is 3.86. The first-order chi connectivity index (χ1) is 8.97. The Kier molecular flexibility index (Phi) is 8.78. The lowest BCUT2D eigenvalue weighted by molar-refractivity contribution is -0.118. The van der Waals surface area contributed by atoms with E-state index in [1.54, 1.807) is 6.92 Å². The number of rotatable bonds is 8. The van der Waals surface area contributed by atoms with Crippen LogP contribution in [0.3, 0.4) is 0 Å². The minimum atomic E-state index is -0.322. The fourth-order valence-corrected chi connectivity index (χ4v) is 1.11. The fraction of sp³-hybridized carbons (Fsp3) is 0.462. The van der Waals surface area contributed by atoms with Crippen LogP contribution in [0.4, 0.5) is 0 Å². The van der Waals surface area contributed by atoms with Crippen molar-refractivity contribution in [3.63, 3.8) is 0 Å². The molecule has 0 fully saturated rings. The first kappa shape index (κ1) is 16.9. The molecule has 0 unspecified atom stereocenters. The summed E-state index contributed by atoms with van der Waals surface area (Å²) in [5.74, 6) is -0.787. The molecule has 0 atom stereocenters. The van der Waals surface area contributed by atoms with Crippen molar-refractivity contribution in [2.75, 3.05) is 20.1 Å². The molecule has 0 saturated carbocycles. The zero-order valence-electron chi connectivity index (χ0n) is 11.4. The fourth-order valence-electron chi connectivity index (χ4n) is 1.11. The van der Waals surface area contributed by atoms with E-state index in [0.29, 0.717) is 18.7 Å². The lowest BCUT2D eigenvalue weighted by Crippen LogP contribution is -2.27. The molecule has 0 aliphatic rings. The Morgan fingerprint density at radius 2 is 1.53 bits per heavy atom. The number of hydrogen-bond acceptors (Lipinski definition) is 3. The second-order valence-electron chi connectivity index (χ2n) is 3.98. The van der Waals surface area contributed by atoms with E-state index < -0.39 is 0 Å². The van der Waals surface area contributed by atoms with Gasteiger partial charge in [0.05, 0.1) is 0 Å². The SMILES string of the molecule is C=C(C)C(=O)NCCCCNC(=O)/C=C/C(=O)NC. The first-order valence-corrected chi connectivity index (χ1v) is 6.08. The van der Waals surface area contributed by atoms with E-state index in [2.05, 4.69) is 22.5 Å². The number of hydrogen-bond donors (Lipinski definition) is 3. The van der Waals surface area contributed by atoms with Gasteiger partial charge in [0.1, 0.15) is 0 Å². The molecule has 0 aliphatic carbocycles. The molecule has 3 amide bonds. The molecule has 0 radical (unpaired) electrons. The summed E-state index contributed by atoms with van der Waals surface area (Å²) in [4.78, 5) is 33.2. The molecule has 0 aromatic heterocycles. The molecule has 0 rings (SSSR count). The highest BCUT2D eigenvalue weighted by atomic mass is 16.2. The highest BCUT2D eigenvalue weighted by molar-refractivity contribution is 5.96. The van der Waals surface area contributed by atoms with Crippen LogP contribution in [0.15, 0.2) is 24.3 Å². The van der Waals surface area contributed by atoms with Crippen molar-refractivity contribution in [3.8, 4) is 0 Å². The molecule has 0 bridgehead atoms. The highest BCUT2D eigenvalue weighted by Crippen LogP contribution is 1.89. The number of nitrogens with one attached hydrogen (secondary N) is 3. The van der Waals surface area contributed by atoms with Crippen LogP contribution in [0.25, 0.3) is 0 Å². The van der Waals surface area contributed by atoms with Gasteiger partial charge < -0.3 is 16.0 Å². The highest BCUT2D eigenvalue weighted by Gasteiger charge is 2.00. The zero-order valence-corrected chi connectivity index (χ0v) is 11.4. The molecule has 0 saturated heterocycles. The third-order valence-corrected chi connectivity index (χ3v) is 2.21. The summed E-state index contributed by atoms with van der Waals surface area (Å²) in [6, 6.07) is 0. The molecule has 0 aromatic rings. The molecule has 6 heteroatoms. The number of carbonyl (C=O) groups excluding carboxylic acids is 3. The largest absolute Gasteiger partial charge is 0.356 e. The van der Waals surface area contributed by atoms with Gasteiger partial charge in [-0.25, -0.2) is 0 Å². The minimum Gasteiger partial charge on any atom is -0.356 e. The third-order valence-electron chi connectivity index (χ3n) is 2.21. The number of carbonyl (C=O) groups is 3. The molecule has 19 heavy (non-hydrogen) atoms. The average molecular weight is 267 g/mol. The molecule has 6 nitrogen and oxygen atoms in total. The van der Waals surface area contributed by atoms with Crippen LogP contribution >= 0.6 is 0 Å². The van der Waals surface area contributed by atoms with Gasteiger partial charge in [-0.05, 0) is 19.8 Å². The van der Waals surface area contributed by atoms with E-state index in [1.165, 1.54) is 19.2 Å². The van der Waals surface area contributed by atoms with Gasteiger partial charge in [-0.15, -0.1) is 0 Å². The summed E-state index contributed by atoms with van der Waals surface area (Å²) >= 11 is 0. The van der Waals surface area contributed by atoms with Gasteiger partial charge in [0, 0.05) is 37.9 Å². The quantitative estimate of drug-likeness (QED) is 0.423. The lowest BCUT2D eigenvalue weighted by Gasteiger charge is -2.05. The monoisotopic (exact) mass is 267 g/mol. The van der Waals surface area contributed by atoms with E-state index in [-0.39, 0.29) is 17.7 Å². The Bertz CT molecular complexity index is 375. The van der Waals surface area contributed by atoms with Crippen LogP contribution in [-0.4, -0.2) is 37.9 Å². The summed E-state index contributed by atoms with van der Waals surface area (Å²) in [5, 5.41) is 7.71. The normalized spacial score (nSPS) is 10.0. The maximum Gasteiger partial charge on any atom is 0.246 e.